The van der Waals surface area contributed by atoms with E-state index in [9.17, 15) is 10.1 Å². The number of hydrogen-bond donors (Lipinski definition) is 1. The van der Waals surface area contributed by atoms with Gasteiger partial charge in [-0.05, 0) is 38.0 Å². The molecule has 1 heterocycles. The summed E-state index contributed by atoms with van der Waals surface area (Å²) >= 11 is 0. The number of piperazine rings is 1. The molecular weight excluding hydrogens is 300 g/mol. The van der Waals surface area contributed by atoms with E-state index < -0.39 is 0 Å². The number of aryl methyl sites for hydroxylation is 1. The fraction of sp³-hybridized carbons (Fsp3) is 0.474. The van der Waals surface area contributed by atoms with Crippen LogP contribution in [0.3, 0.4) is 0 Å². The van der Waals surface area contributed by atoms with E-state index in [1.165, 1.54) is 11.3 Å². The normalized spacial score (nSPS) is 16.5. The van der Waals surface area contributed by atoms with Crippen LogP contribution in [-0.2, 0) is 4.79 Å². The Kier molecular flexibility index (Phi) is 6.25. The molecule has 1 amide bonds. The van der Waals surface area contributed by atoms with Crippen molar-refractivity contribution < 1.29 is 4.79 Å². The molecule has 128 valence electrons. The monoisotopic (exact) mass is 326 g/mol. The van der Waals surface area contributed by atoms with Gasteiger partial charge >= 0.3 is 0 Å². The van der Waals surface area contributed by atoms with Crippen LogP contribution in [0.15, 0.2) is 36.0 Å². The van der Waals surface area contributed by atoms with Gasteiger partial charge in [0.15, 0.2) is 0 Å². The predicted molar refractivity (Wildman–Crippen MR) is 96.6 cm³/mol. The third-order valence-electron chi connectivity index (χ3n) is 4.35. The molecule has 0 saturated carbocycles. The van der Waals surface area contributed by atoms with E-state index in [0.717, 1.165) is 32.6 Å². The Balaban J connectivity index is 1.95. The Morgan fingerprint density at radius 1 is 1.38 bits per heavy atom. The molecule has 0 radical (unpaired) electrons. The molecule has 1 saturated heterocycles. The molecule has 0 bridgehead atoms. The number of carbonyl (C=O) groups excluding carboxylic acids is 1. The highest BCUT2D eigenvalue weighted by Gasteiger charge is 2.18. The van der Waals surface area contributed by atoms with Crippen LogP contribution < -0.4 is 10.2 Å². The number of hydrogen-bond acceptors (Lipinski definition) is 4. The second-order valence-corrected chi connectivity index (χ2v) is 6.30. The van der Waals surface area contributed by atoms with Crippen molar-refractivity contribution in [2.75, 3.05) is 31.1 Å². The van der Waals surface area contributed by atoms with Crippen molar-refractivity contribution in [3.05, 3.63) is 41.6 Å². The molecule has 1 aromatic rings. The van der Waals surface area contributed by atoms with E-state index in [-0.39, 0.29) is 17.5 Å². The van der Waals surface area contributed by atoms with Crippen molar-refractivity contribution in [3.63, 3.8) is 0 Å². The van der Waals surface area contributed by atoms with Gasteiger partial charge in [0.05, 0.1) is 0 Å². The van der Waals surface area contributed by atoms with Crippen LogP contribution in [0.4, 0.5) is 5.69 Å². The molecule has 1 atom stereocenters. The van der Waals surface area contributed by atoms with Crippen LogP contribution in [0, 0.1) is 18.3 Å². The first-order valence-corrected chi connectivity index (χ1v) is 8.52. The van der Waals surface area contributed by atoms with Gasteiger partial charge in [-0.1, -0.05) is 19.1 Å². The maximum Gasteiger partial charge on any atom is 0.263 e. The van der Waals surface area contributed by atoms with Gasteiger partial charge in [-0.25, -0.2) is 0 Å². The van der Waals surface area contributed by atoms with Gasteiger partial charge in [0.1, 0.15) is 11.6 Å². The number of nitrogens with zero attached hydrogens (tertiary/aromatic N) is 3. The van der Waals surface area contributed by atoms with Crippen molar-refractivity contribution >= 4 is 11.6 Å². The molecule has 0 aliphatic carbocycles. The number of benzene rings is 1. The number of amides is 1. The zero-order valence-electron chi connectivity index (χ0n) is 14.7. The molecule has 1 fully saturated rings. The van der Waals surface area contributed by atoms with Crippen LogP contribution in [0.1, 0.15) is 25.8 Å². The second kappa shape index (κ2) is 8.39. The molecule has 1 aromatic carbocycles. The first kappa shape index (κ1) is 17.9. The molecule has 1 aliphatic heterocycles. The number of carbonyl (C=O) groups is 1. The van der Waals surface area contributed by atoms with Crippen molar-refractivity contribution in [2.45, 2.75) is 33.2 Å². The van der Waals surface area contributed by atoms with Crippen molar-refractivity contribution in [1.82, 2.24) is 10.2 Å². The molecular formula is C19H26N4O. The zero-order chi connectivity index (χ0) is 17.5. The van der Waals surface area contributed by atoms with Crippen LogP contribution >= 0.6 is 0 Å². The summed E-state index contributed by atoms with van der Waals surface area (Å²) in [7, 11) is 0. The topological polar surface area (TPSA) is 59.4 Å². The molecule has 0 aromatic heterocycles. The summed E-state index contributed by atoms with van der Waals surface area (Å²) in [5.74, 6) is -0.284. The predicted octanol–water partition coefficient (Wildman–Crippen LogP) is 2.44. The second-order valence-electron chi connectivity index (χ2n) is 6.30. The van der Waals surface area contributed by atoms with E-state index in [4.69, 9.17) is 0 Å². The third-order valence-corrected chi connectivity index (χ3v) is 4.35. The number of anilines is 1. The number of nitriles is 1. The lowest BCUT2D eigenvalue weighted by Crippen LogP contribution is -2.44. The van der Waals surface area contributed by atoms with E-state index in [1.54, 1.807) is 6.20 Å². The molecule has 1 N–H and O–H groups in total. The van der Waals surface area contributed by atoms with E-state index >= 15 is 0 Å². The summed E-state index contributed by atoms with van der Waals surface area (Å²) in [6, 6.07) is 10.6. The summed E-state index contributed by atoms with van der Waals surface area (Å²) in [5.41, 5.74) is 2.66. The summed E-state index contributed by atoms with van der Waals surface area (Å²) in [6.07, 6.45) is 2.55. The molecule has 2 rings (SSSR count). The molecule has 5 heteroatoms. The Morgan fingerprint density at radius 3 is 2.67 bits per heavy atom. The summed E-state index contributed by atoms with van der Waals surface area (Å²) < 4.78 is 0. The molecule has 0 spiro atoms. The van der Waals surface area contributed by atoms with Crippen molar-refractivity contribution in [2.24, 2.45) is 0 Å². The van der Waals surface area contributed by atoms with E-state index in [2.05, 4.69) is 46.3 Å². The lowest BCUT2D eigenvalue weighted by atomic mass is 10.2. The average Bonchev–Trinajstić information content (AvgIpc) is 2.59. The average molecular weight is 326 g/mol. The quantitative estimate of drug-likeness (QED) is 0.667. The Labute approximate surface area is 144 Å². The van der Waals surface area contributed by atoms with Gasteiger partial charge in [0.25, 0.3) is 5.91 Å². The van der Waals surface area contributed by atoms with Crippen molar-refractivity contribution in [3.8, 4) is 6.07 Å². The standard InChI is InChI=1S/C19H26N4O/c1-4-16(3)21-19(24)17(13-20)14-22-8-10-23(11-9-22)18-7-5-6-15(2)12-18/h5-7,12,14,16H,4,8-11H2,1-3H3,(H,21,24)/b17-14-. The summed E-state index contributed by atoms with van der Waals surface area (Å²) in [4.78, 5) is 16.5. The van der Waals surface area contributed by atoms with Crippen LogP contribution in [0.5, 0.6) is 0 Å². The summed E-state index contributed by atoms with van der Waals surface area (Å²) in [5, 5.41) is 12.1. The van der Waals surface area contributed by atoms with Gasteiger partial charge in [-0.15, -0.1) is 0 Å². The van der Waals surface area contributed by atoms with Gasteiger partial charge < -0.3 is 15.1 Å². The first-order chi connectivity index (χ1) is 11.5. The SMILES string of the molecule is CCC(C)NC(=O)/C(C#N)=C\N1CCN(c2cccc(C)c2)CC1. The fourth-order valence-corrected chi connectivity index (χ4v) is 2.66. The minimum Gasteiger partial charge on any atom is -0.373 e. The van der Waals surface area contributed by atoms with Gasteiger partial charge in [0, 0.05) is 44.1 Å². The Bertz CT molecular complexity index is 639. The highest BCUT2D eigenvalue weighted by molar-refractivity contribution is 5.97. The lowest BCUT2D eigenvalue weighted by molar-refractivity contribution is -0.117. The fourth-order valence-electron chi connectivity index (χ4n) is 2.66. The van der Waals surface area contributed by atoms with Crippen molar-refractivity contribution in [1.29, 1.82) is 5.26 Å². The minimum absolute atomic E-state index is 0.0763. The van der Waals surface area contributed by atoms with E-state index in [1.807, 2.05) is 19.9 Å². The van der Waals surface area contributed by atoms with E-state index in [0.29, 0.717) is 0 Å². The summed E-state index contributed by atoms with van der Waals surface area (Å²) in [6.45, 7) is 9.40. The Morgan fingerprint density at radius 2 is 2.08 bits per heavy atom. The first-order valence-electron chi connectivity index (χ1n) is 8.52. The Hall–Kier alpha value is -2.48. The smallest absolute Gasteiger partial charge is 0.263 e. The van der Waals surface area contributed by atoms with Gasteiger partial charge in [-0.3, -0.25) is 4.79 Å². The maximum atomic E-state index is 12.1. The van der Waals surface area contributed by atoms with Gasteiger partial charge in [-0.2, -0.15) is 5.26 Å². The number of nitrogens with one attached hydrogen (secondary N) is 1. The highest BCUT2D eigenvalue weighted by Crippen LogP contribution is 2.18. The van der Waals surface area contributed by atoms with Crippen LogP contribution in [0.25, 0.3) is 0 Å². The lowest BCUT2D eigenvalue weighted by Gasteiger charge is -2.35. The molecule has 1 aliphatic rings. The highest BCUT2D eigenvalue weighted by atomic mass is 16.1. The number of rotatable bonds is 5. The van der Waals surface area contributed by atoms with Crippen LogP contribution in [-0.4, -0.2) is 43.0 Å². The minimum atomic E-state index is -0.284. The maximum absolute atomic E-state index is 12.1. The molecule has 5 nitrogen and oxygen atoms in total. The van der Waals surface area contributed by atoms with Gasteiger partial charge in [0.2, 0.25) is 0 Å². The van der Waals surface area contributed by atoms with Crippen LogP contribution in [0.2, 0.25) is 0 Å². The molecule has 24 heavy (non-hydrogen) atoms. The zero-order valence-corrected chi connectivity index (χ0v) is 14.7. The molecule has 1 unspecified atom stereocenters. The largest absolute Gasteiger partial charge is 0.373 e. The third kappa shape index (κ3) is 4.76.